The van der Waals surface area contributed by atoms with E-state index in [0.717, 1.165) is 11.1 Å². The van der Waals surface area contributed by atoms with Gasteiger partial charge in [-0.05, 0) is 29.7 Å². The van der Waals surface area contributed by atoms with Crippen LogP contribution in [0.4, 0.5) is 0 Å². The van der Waals surface area contributed by atoms with Crippen molar-refractivity contribution in [3.63, 3.8) is 0 Å². The number of nitrogens with zero attached hydrogens (tertiary/aromatic N) is 3. The van der Waals surface area contributed by atoms with E-state index in [1.54, 1.807) is 32.2 Å². The minimum atomic E-state index is -1.08. The van der Waals surface area contributed by atoms with Crippen LogP contribution in [0.5, 0.6) is 0 Å². The molecule has 0 aliphatic carbocycles. The molecule has 3 rings (SSSR count). The number of hydrogen-bond acceptors (Lipinski definition) is 3. The highest BCUT2D eigenvalue weighted by molar-refractivity contribution is 5.97. The Labute approximate surface area is 164 Å². The molecule has 0 bridgehead atoms. The number of aromatic nitrogens is 1. The number of aromatic carboxylic acids is 1. The first-order chi connectivity index (χ1) is 13.5. The highest BCUT2D eigenvalue weighted by Gasteiger charge is 2.24. The van der Waals surface area contributed by atoms with Gasteiger partial charge in [0.2, 0.25) is 0 Å². The van der Waals surface area contributed by atoms with E-state index in [-0.39, 0.29) is 5.69 Å². The van der Waals surface area contributed by atoms with Crippen molar-refractivity contribution in [2.45, 2.75) is 20.8 Å². The summed E-state index contributed by atoms with van der Waals surface area (Å²) in [5.41, 5.74) is 4.36. The molecule has 0 radical (unpaired) electrons. The van der Waals surface area contributed by atoms with Gasteiger partial charge in [-0.1, -0.05) is 56.3 Å². The van der Waals surface area contributed by atoms with Crippen molar-refractivity contribution in [3.05, 3.63) is 71.0 Å². The van der Waals surface area contributed by atoms with Crippen molar-refractivity contribution >= 4 is 5.97 Å². The lowest BCUT2D eigenvalue weighted by molar-refractivity contribution is 0.0687. The molecule has 0 atom stereocenters. The van der Waals surface area contributed by atoms with E-state index in [9.17, 15) is 20.4 Å². The van der Waals surface area contributed by atoms with Gasteiger partial charge in [-0.15, -0.1) is 0 Å². The van der Waals surface area contributed by atoms with Gasteiger partial charge in [0.25, 0.3) is 0 Å². The van der Waals surface area contributed by atoms with Gasteiger partial charge < -0.3 is 9.67 Å². The summed E-state index contributed by atoms with van der Waals surface area (Å²) in [5, 5.41) is 28.3. The van der Waals surface area contributed by atoms with Crippen LogP contribution in [-0.4, -0.2) is 15.6 Å². The molecular weight excluding hydrogens is 350 g/mol. The average Bonchev–Trinajstić information content (AvgIpc) is 3.00. The second-order valence-electron chi connectivity index (χ2n) is 5.89. The van der Waals surface area contributed by atoms with Crippen LogP contribution >= 0.6 is 0 Å². The second kappa shape index (κ2) is 8.70. The Kier molecular flexibility index (Phi) is 6.37. The van der Waals surface area contributed by atoms with E-state index in [1.807, 2.05) is 44.2 Å². The van der Waals surface area contributed by atoms with E-state index in [0.29, 0.717) is 27.9 Å². The summed E-state index contributed by atoms with van der Waals surface area (Å²) in [6.45, 7) is 5.73. The van der Waals surface area contributed by atoms with Crippen LogP contribution in [0, 0.1) is 29.6 Å². The Balaban J connectivity index is 0.00000136. The van der Waals surface area contributed by atoms with Crippen molar-refractivity contribution in [2.75, 3.05) is 0 Å². The lowest BCUT2D eigenvalue weighted by Gasteiger charge is -2.07. The first-order valence-electron chi connectivity index (χ1n) is 8.92. The fourth-order valence-corrected chi connectivity index (χ4v) is 3.12. The van der Waals surface area contributed by atoms with E-state index in [4.69, 9.17) is 0 Å². The van der Waals surface area contributed by atoms with E-state index in [1.165, 1.54) is 4.57 Å². The van der Waals surface area contributed by atoms with Gasteiger partial charge in [0, 0.05) is 18.3 Å². The van der Waals surface area contributed by atoms with Crippen LogP contribution in [-0.2, 0) is 7.05 Å². The zero-order valence-corrected chi connectivity index (χ0v) is 16.3. The summed E-state index contributed by atoms with van der Waals surface area (Å²) in [7, 11) is 1.64. The molecule has 0 saturated carbocycles. The lowest BCUT2D eigenvalue weighted by Crippen LogP contribution is -2.06. The highest BCUT2D eigenvalue weighted by atomic mass is 16.4. The van der Waals surface area contributed by atoms with E-state index >= 15 is 0 Å². The predicted octanol–water partition coefficient (Wildman–Crippen LogP) is 5.14. The summed E-state index contributed by atoms with van der Waals surface area (Å²) in [6, 6.07) is 18.8. The first-order valence-corrected chi connectivity index (χ1v) is 8.92. The molecule has 5 heteroatoms. The highest BCUT2D eigenvalue weighted by Crippen LogP contribution is 2.33. The normalized spacial score (nSPS) is 9.64. The Hall–Kier alpha value is -3.83. The molecule has 1 heterocycles. The quantitative estimate of drug-likeness (QED) is 0.690. The third-order valence-corrected chi connectivity index (χ3v) is 4.53. The van der Waals surface area contributed by atoms with Gasteiger partial charge in [-0.2, -0.15) is 10.5 Å². The van der Waals surface area contributed by atoms with Gasteiger partial charge in [-0.3, -0.25) is 0 Å². The molecule has 140 valence electrons. The zero-order valence-electron chi connectivity index (χ0n) is 16.3. The molecule has 28 heavy (non-hydrogen) atoms. The van der Waals surface area contributed by atoms with Gasteiger partial charge >= 0.3 is 5.97 Å². The number of benzene rings is 2. The summed E-state index contributed by atoms with van der Waals surface area (Å²) >= 11 is 0. The Morgan fingerprint density at radius 3 is 2.07 bits per heavy atom. The fourth-order valence-electron chi connectivity index (χ4n) is 3.12. The molecule has 0 saturated heterocycles. The minimum Gasteiger partial charge on any atom is -0.477 e. The monoisotopic (exact) mass is 371 g/mol. The van der Waals surface area contributed by atoms with E-state index < -0.39 is 5.97 Å². The number of nitriles is 2. The van der Waals surface area contributed by atoms with Crippen LogP contribution in [0.15, 0.2) is 48.5 Å². The summed E-state index contributed by atoms with van der Waals surface area (Å²) < 4.78 is 1.52. The molecule has 0 spiro atoms. The number of carbonyl (C=O) groups is 1. The molecule has 5 nitrogen and oxygen atoms in total. The summed E-state index contributed by atoms with van der Waals surface area (Å²) in [5.74, 6) is -1.08. The molecule has 0 aliphatic rings. The zero-order chi connectivity index (χ0) is 20.8. The second-order valence-corrected chi connectivity index (χ2v) is 5.89. The predicted molar refractivity (Wildman–Crippen MR) is 109 cm³/mol. The Bertz CT molecular complexity index is 1090. The molecule has 1 aromatic heterocycles. The molecule has 0 unspecified atom stereocenters. The lowest BCUT2D eigenvalue weighted by atomic mass is 9.96. The summed E-state index contributed by atoms with van der Waals surface area (Å²) in [6.07, 6.45) is 0. The van der Waals surface area contributed by atoms with Crippen LogP contribution in [0.1, 0.15) is 41.2 Å². The van der Waals surface area contributed by atoms with Gasteiger partial charge in [0.05, 0.1) is 17.2 Å². The van der Waals surface area contributed by atoms with Gasteiger partial charge in [-0.25, -0.2) is 4.79 Å². The molecule has 2 aromatic carbocycles. The number of rotatable bonds is 3. The van der Waals surface area contributed by atoms with Gasteiger partial charge in [0.1, 0.15) is 11.8 Å². The Morgan fingerprint density at radius 1 is 0.964 bits per heavy atom. The maximum atomic E-state index is 11.7. The van der Waals surface area contributed by atoms with Crippen molar-refractivity contribution in [1.29, 1.82) is 10.5 Å². The van der Waals surface area contributed by atoms with Crippen LogP contribution < -0.4 is 0 Å². The first kappa shape index (κ1) is 20.5. The van der Waals surface area contributed by atoms with Crippen LogP contribution in [0.25, 0.3) is 22.3 Å². The SMILES string of the molecule is CC.Cc1c(C#N)c(-c2ccc(-c3ccccc3C#N)cc2)c(C(=O)O)n1C. The van der Waals surface area contributed by atoms with Crippen LogP contribution in [0.2, 0.25) is 0 Å². The van der Waals surface area contributed by atoms with Crippen LogP contribution in [0.3, 0.4) is 0 Å². The Morgan fingerprint density at radius 2 is 1.54 bits per heavy atom. The van der Waals surface area contributed by atoms with Crippen molar-refractivity contribution in [2.24, 2.45) is 7.05 Å². The van der Waals surface area contributed by atoms with Crippen molar-refractivity contribution in [1.82, 2.24) is 4.57 Å². The average molecular weight is 371 g/mol. The summed E-state index contributed by atoms with van der Waals surface area (Å²) in [4.78, 5) is 11.7. The maximum Gasteiger partial charge on any atom is 0.353 e. The molecule has 3 aromatic rings. The molecular formula is C23H21N3O2. The van der Waals surface area contributed by atoms with Gasteiger partial charge in [0.15, 0.2) is 0 Å². The van der Waals surface area contributed by atoms with E-state index in [2.05, 4.69) is 12.1 Å². The smallest absolute Gasteiger partial charge is 0.353 e. The maximum absolute atomic E-state index is 11.7. The third kappa shape index (κ3) is 3.51. The number of carboxylic acid groups (broad SMARTS) is 1. The molecule has 0 aliphatic heterocycles. The largest absolute Gasteiger partial charge is 0.477 e. The topological polar surface area (TPSA) is 89.8 Å². The number of hydrogen-bond donors (Lipinski definition) is 1. The van der Waals surface area contributed by atoms with Crippen molar-refractivity contribution in [3.8, 4) is 34.4 Å². The standard InChI is InChI=1S/C21H15N3O2.C2H6/c1-13-18(12-23)19(20(21(25)26)24(13)2)15-9-7-14(8-10-15)17-6-4-3-5-16(17)11-22;1-2/h3-10H,1-2H3,(H,25,26);1-2H3. The molecule has 0 amide bonds. The minimum absolute atomic E-state index is 0.0872. The van der Waals surface area contributed by atoms with Crippen molar-refractivity contribution < 1.29 is 9.90 Å². The number of carboxylic acids is 1. The third-order valence-electron chi connectivity index (χ3n) is 4.53. The fraction of sp³-hybridized carbons (Fsp3) is 0.174. The molecule has 0 fully saturated rings. The molecule has 1 N–H and O–H groups in total.